The molecule has 0 bridgehead atoms. The van der Waals surface area contributed by atoms with Crippen LogP contribution in [-0.4, -0.2) is 41.9 Å². The smallest absolute Gasteiger partial charge is 0.306 e. The molecule has 0 radical (unpaired) electrons. The molecule has 1 N–H and O–H groups in total. The van der Waals surface area contributed by atoms with Crippen molar-refractivity contribution in [2.45, 2.75) is 20.3 Å². The molecule has 0 spiro atoms. The molecule has 0 saturated carbocycles. The fraction of sp³-hybridized carbons (Fsp3) is 0.261. The summed E-state index contributed by atoms with van der Waals surface area (Å²) >= 11 is 0.904. The number of nitrogens with zero attached hydrogens (tertiary/aromatic N) is 2. The van der Waals surface area contributed by atoms with Crippen molar-refractivity contribution in [3.05, 3.63) is 59.0 Å². The van der Waals surface area contributed by atoms with Gasteiger partial charge in [-0.3, -0.25) is 14.4 Å². The first kappa shape index (κ1) is 22.4. The highest BCUT2D eigenvalue weighted by atomic mass is 32.2. The molecule has 0 unspecified atom stereocenters. The molecule has 1 heterocycles. The summed E-state index contributed by atoms with van der Waals surface area (Å²) < 4.78 is 5.36. The van der Waals surface area contributed by atoms with Gasteiger partial charge in [0.25, 0.3) is 11.1 Å². The summed E-state index contributed by atoms with van der Waals surface area (Å²) in [5.41, 5.74) is 2.33. The first-order valence-electron chi connectivity index (χ1n) is 10.0. The van der Waals surface area contributed by atoms with Gasteiger partial charge in [-0.05, 0) is 73.6 Å². The van der Waals surface area contributed by atoms with Gasteiger partial charge < -0.3 is 14.7 Å². The van der Waals surface area contributed by atoms with Crippen molar-refractivity contribution in [3.8, 4) is 5.75 Å². The SMILES string of the molecule is CCN(CC)c1ccc(N2C(=O)S/C(=C/c3ccc(OCCC(=O)O)cc3)C2=O)cc1. The third-order valence-electron chi connectivity index (χ3n) is 4.79. The first-order valence-corrected chi connectivity index (χ1v) is 10.8. The summed E-state index contributed by atoms with van der Waals surface area (Å²) in [5, 5.41) is 8.32. The number of carbonyl (C=O) groups excluding carboxylic acids is 2. The third-order valence-corrected chi connectivity index (χ3v) is 5.66. The molecule has 0 atom stereocenters. The summed E-state index contributed by atoms with van der Waals surface area (Å²) in [4.78, 5) is 39.6. The lowest BCUT2D eigenvalue weighted by molar-refractivity contribution is -0.137. The molecule has 1 fully saturated rings. The third kappa shape index (κ3) is 5.46. The van der Waals surface area contributed by atoms with Crippen LogP contribution in [0.5, 0.6) is 5.75 Å². The predicted molar refractivity (Wildman–Crippen MR) is 123 cm³/mol. The molecule has 31 heavy (non-hydrogen) atoms. The number of carboxylic acids is 1. The molecular formula is C23H24N2O5S. The van der Waals surface area contributed by atoms with Crippen molar-refractivity contribution in [2.75, 3.05) is 29.5 Å². The predicted octanol–water partition coefficient (Wildman–Crippen LogP) is 4.63. The molecule has 1 aliphatic heterocycles. The Bertz CT molecular complexity index is 982. The van der Waals surface area contributed by atoms with Gasteiger partial charge in [-0.1, -0.05) is 12.1 Å². The molecule has 2 aromatic carbocycles. The Morgan fingerprint density at radius 2 is 1.71 bits per heavy atom. The van der Waals surface area contributed by atoms with E-state index >= 15 is 0 Å². The molecule has 2 aromatic rings. The number of aliphatic carboxylic acids is 1. The Hall–Kier alpha value is -3.26. The minimum absolute atomic E-state index is 0.0786. The van der Waals surface area contributed by atoms with E-state index in [-0.39, 0.29) is 24.2 Å². The second-order valence-corrected chi connectivity index (χ2v) is 7.76. The van der Waals surface area contributed by atoms with E-state index in [0.717, 1.165) is 36.1 Å². The van der Waals surface area contributed by atoms with E-state index in [2.05, 4.69) is 18.7 Å². The van der Waals surface area contributed by atoms with E-state index in [1.54, 1.807) is 42.5 Å². The molecule has 1 aliphatic rings. The number of hydrogen-bond acceptors (Lipinski definition) is 6. The number of benzene rings is 2. The highest BCUT2D eigenvalue weighted by Crippen LogP contribution is 2.36. The fourth-order valence-corrected chi connectivity index (χ4v) is 4.00. The standard InChI is InChI=1S/C23H24N2O5S/c1-3-24(4-2)17-7-9-18(10-8-17)25-22(28)20(31-23(25)29)15-16-5-11-19(12-6-16)30-14-13-21(26)27/h5-12,15H,3-4,13-14H2,1-2H3,(H,26,27)/b20-15+. The number of ether oxygens (including phenoxy) is 1. The molecule has 7 nitrogen and oxygen atoms in total. The van der Waals surface area contributed by atoms with Crippen molar-refractivity contribution < 1.29 is 24.2 Å². The average Bonchev–Trinajstić information content (AvgIpc) is 3.03. The summed E-state index contributed by atoms with van der Waals surface area (Å²) in [6.45, 7) is 5.99. The van der Waals surface area contributed by atoms with E-state index in [0.29, 0.717) is 16.3 Å². The van der Waals surface area contributed by atoms with Crippen molar-refractivity contribution in [3.63, 3.8) is 0 Å². The number of carbonyl (C=O) groups is 3. The van der Waals surface area contributed by atoms with Crippen molar-refractivity contribution >= 4 is 46.3 Å². The van der Waals surface area contributed by atoms with Crippen molar-refractivity contribution in [2.24, 2.45) is 0 Å². The molecular weight excluding hydrogens is 416 g/mol. The van der Waals surface area contributed by atoms with Crippen LogP contribution >= 0.6 is 11.8 Å². The second kappa shape index (κ2) is 10.2. The van der Waals surface area contributed by atoms with E-state index < -0.39 is 5.97 Å². The molecule has 8 heteroatoms. The number of anilines is 2. The average molecular weight is 441 g/mol. The van der Waals surface area contributed by atoms with E-state index in [4.69, 9.17) is 9.84 Å². The Morgan fingerprint density at radius 1 is 1.06 bits per heavy atom. The Kier molecular flexibility index (Phi) is 7.36. The maximum absolute atomic E-state index is 12.8. The maximum Gasteiger partial charge on any atom is 0.306 e. The van der Waals surface area contributed by atoms with Crippen LogP contribution in [0.2, 0.25) is 0 Å². The first-order chi connectivity index (χ1) is 14.9. The Balaban J connectivity index is 1.71. The van der Waals surface area contributed by atoms with Crippen LogP contribution in [0.25, 0.3) is 6.08 Å². The van der Waals surface area contributed by atoms with Crippen LogP contribution in [0, 0.1) is 0 Å². The van der Waals surface area contributed by atoms with Gasteiger partial charge in [-0.2, -0.15) is 0 Å². The molecule has 1 saturated heterocycles. The van der Waals surface area contributed by atoms with E-state index in [1.807, 2.05) is 12.1 Å². The second-order valence-electron chi connectivity index (χ2n) is 6.77. The van der Waals surface area contributed by atoms with Crippen LogP contribution < -0.4 is 14.5 Å². The lowest BCUT2D eigenvalue weighted by atomic mass is 10.2. The lowest BCUT2D eigenvalue weighted by Crippen LogP contribution is -2.28. The fourth-order valence-electron chi connectivity index (χ4n) is 3.16. The van der Waals surface area contributed by atoms with Gasteiger partial charge in [-0.25, -0.2) is 4.90 Å². The minimum atomic E-state index is -0.921. The quantitative estimate of drug-likeness (QED) is 0.569. The summed E-state index contributed by atoms with van der Waals surface area (Å²) in [5.74, 6) is -0.734. The van der Waals surface area contributed by atoms with Gasteiger partial charge in [0.05, 0.1) is 23.6 Å². The Labute approximate surface area is 185 Å². The summed E-state index contributed by atoms with van der Waals surface area (Å²) in [6.07, 6.45) is 1.58. The highest BCUT2D eigenvalue weighted by molar-refractivity contribution is 8.19. The van der Waals surface area contributed by atoms with Crippen LogP contribution in [0.4, 0.5) is 16.2 Å². The molecule has 3 rings (SSSR count). The zero-order chi connectivity index (χ0) is 22.4. The normalized spacial score (nSPS) is 14.9. The Morgan fingerprint density at radius 3 is 2.29 bits per heavy atom. The van der Waals surface area contributed by atoms with Crippen LogP contribution in [-0.2, 0) is 9.59 Å². The summed E-state index contributed by atoms with van der Waals surface area (Å²) in [7, 11) is 0. The zero-order valence-corrected chi connectivity index (χ0v) is 18.2. The monoisotopic (exact) mass is 440 g/mol. The zero-order valence-electron chi connectivity index (χ0n) is 17.4. The lowest BCUT2D eigenvalue weighted by Gasteiger charge is -2.22. The number of imide groups is 1. The van der Waals surface area contributed by atoms with E-state index in [9.17, 15) is 14.4 Å². The number of carboxylic acid groups (broad SMARTS) is 1. The van der Waals surface area contributed by atoms with Gasteiger partial charge in [0, 0.05) is 18.8 Å². The number of rotatable bonds is 9. The molecule has 0 aromatic heterocycles. The number of hydrogen-bond donors (Lipinski definition) is 1. The molecule has 0 aliphatic carbocycles. The molecule has 162 valence electrons. The highest BCUT2D eigenvalue weighted by Gasteiger charge is 2.36. The van der Waals surface area contributed by atoms with Crippen LogP contribution in [0.3, 0.4) is 0 Å². The van der Waals surface area contributed by atoms with Crippen molar-refractivity contribution in [1.29, 1.82) is 0 Å². The van der Waals surface area contributed by atoms with E-state index in [1.165, 1.54) is 4.90 Å². The number of thioether (sulfide) groups is 1. The van der Waals surface area contributed by atoms with Gasteiger partial charge in [-0.15, -0.1) is 0 Å². The largest absolute Gasteiger partial charge is 0.493 e. The topological polar surface area (TPSA) is 87.2 Å². The molecule has 2 amide bonds. The maximum atomic E-state index is 12.8. The van der Waals surface area contributed by atoms with Gasteiger partial charge in [0.15, 0.2) is 0 Å². The van der Waals surface area contributed by atoms with Crippen LogP contribution in [0.15, 0.2) is 53.4 Å². The van der Waals surface area contributed by atoms with Gasteiger partial charge in [0.1, 0.15) is 5.75 Å². The summed E-state index contributed by atoms with van der Waals surface area (Å²) in [6, 6.07) is 14.3. The number of amides is 2. The minimum Gasteiger partial charge on any atom is -0.493 e. The van der Waals surface area contributed by atoms with Crippen molar-refractivity contribution in [1.82, 2.24) is 0 Å². The van der Waals surface area contributed by atoms with Gasteiger partial charge in [0.2, 0.25) is 0 Å². The van der Waals surface area contributed by atoms with Gasteiger partial charge >= 0.3 is 5.97 Å². The van der Waals surface area contributed by atoms with Crippen LogP contribution in [0.1, 0.15) is 25.8 Å².